The summed E-state index contributed by atoms with van der Waals surface area (Å²) < 4.78 is 0. The van der Waals surface area contributed by atoms with Gasteiger partial charge in [0.05, 0.1) is 5.69 Å². The maximum atomic E-state index is 12.6. The molecule has 1 aliphatic carbocycles. The molecule has 5 nitrogen and oxygen atoms in total. The molecule has 0 saturated carbocycles. The van der Waals surface area contributed by atoms with Crippen molar-refractivity contribution in [1.29, 1.82) is 0 Å². The number of benzene rings is 1. The number of Topliss-reactive ketones (excluding diaryl/α,β-unsaturated/α-hetero) is 1. The number of piperazine rings is 1. The van der Waals surface area contributed by atoms with E-state index in [0.717, 1.165) is 43.9 Å². The zero-order valence-corrected chi connectivity index (χ0v) is 14.5. The molecule has 2 aliphatic rings. The maximum Gasteiger partial charge on any atom is 0.165 e. The number of hydrogen-bond donors (Lipinski definition) is 1. The summed E-state index contributed by atoms with van der Waals surface area (Å²) in [7, 11) is 0. The van der Waals surface area contributed by atoms with Gasteiger partial charge in [-0.2, -0.15) is 0 Å². The van der Waals surface area contributed by atoms with Crippen LogP contribution in [0.15, 0.2) is 30.5 Å². The summed E-state index contributed by atoms with van der Waals surface area (Å²) in [4.78, 5) is 23.6. The van der Waals surface area contributed by atoms with E-state index in [4.69, 9.17) is 0 Å². The molecule has 0 unspecified atom stereocenters. The van der Waals surface area contributed by atoms with E-state index < -0.39 is 0 Å². The molecule has 1 aromatic carbocycles. The first-order valence-corrected chi connectivity index (χ1v) is 8.84. The van der Waals surface area contributed by atoms with Gasteiger partial charge in [-0.05, 0) is 48.7 Å². The smallest absolute Gasteiger partial charge is 0.165 e. The Morgan fingerprint density at radius 3 is 2.76 bits per heavy atom. The molecule has 0 amide bonds. The van der Waals surface area contributed by atoms with Gasteiger partial charge in [0.25, 0.3) is 0 Å². The molecule has 2 aromatic rings. The van der Waals surface area contributed by atoms with Crippen LogP contribution in [0.4, 0.5) is 5.69 Å². The Morgan fingerprint density at radius 1 is 1.12 bits per heavy atom. The Balaban J connectivity index is 1.70. The zero-order valence-electron chi connectivity index (χ0n) is 14.5. The van der Waals surface area contributed by atoms with Crippen molar-refractivity contribution in [3.05, 3.63) is 53.1 Å². The number of hydrogen-bond acceptors (Lipinski definition) is 5. The number of nitrogens with one attached hydrogen (secondary N) is 1. The normalized spacial score (nSPS) is 17.7. The zero-order chi connectivity index (χ0) is 17.2. The Labute approximate surface area is 147 Å². The van der Waals surface area contributed by atoms with Crippen molar-refractivity contribution < 1.29 is 4.79 Å². The molecule has 1 N–H and O–H groups in total. The Morgan fingerprint density at radius 2 is 1.96 bits per heavy atom. The van der Waals surface area contributed by atoms with Gasteiger partial charge in [0, 0.05) is 50.1 Å². The number of allylic oxidation sites excluding steroid dienone is 1. The largest absolute Gasteiger partial charge is 0.369 e. The van der Waals surface area contributed by atoms with Crippen molar-refractivity contribution in [2.24, 2.45) is 0 Å². The Hall–Kier alpha value is -2.53. The fourth-order valence-electron chi connectivity index (χ4n) is 3.51. The molecule has 128 valence electrons. The minimum Gasteiger partial charge on any atom is -0.369 e. The average Bonchev–Trinajstić information content (AvgIpc) is 2.81. The van der Waals surface area contributed by atoms with E-state index in [9.17, 15) is 4.79 Å². The number of carbonyl (C=O) groups is 1. The van der Waals surface area contributed by atoms with Crippen LogP contribution in [0, 0.1) is 6.92 Å². The second-order valence-corrected chi connectivity index (χ2v) is 6.59. The molecule has 1 aliphatic heterocycles. The highest BCUT2D eigenvalue weighted by atomic mass is 16.1. The summed E-state index contributed by atoms with van der Waals surface area (Å²) in [5.74, 6) is 0.836. The van der Waals surface area contributed by atoms with E-state index in [0.29, 0.717) is 17.8 Å². The number of aromatic nitrogens is 2. The van der Waals surface area contributed by atoms with Crippen LogP contribution in [0.5, 0.6) is 0 Å². The van der Waals surface area contributed by atoms with Crippen molar-refractivity contribution in [3.63, 3.8) is 0 Å². The van der Waals surface area contributed by atoms with Gasteiger partial charge in [0.1, 0.15) is 5.82 Å². The molecule has 0 bridgehead atoms. The highest BCUT2D eigenvalue weighted by Gasteiger charge is 2.20. The van der Waals surface area contributed by atoms with E-state index in [1.54, 1.807) is 6.20 Å². The molecule has 1 aromatic heterocycles. The fraction of sp³-hybridized carbons (Fsp3) is 0.350. The van der Waals surface area contributed by atoms with Crippen LogP contribution in [-0.4, -0.2) is 41.9 Å². The fourth-order valence-corrected chi connectivity index (χ4v) is 3.51. The number of nitrogens with zero attached hydrogens (tertiary/aromatic N) is 3. The van der Waals surface area contributed by atoms with E-state index in [1.165, 1.54) is 11.3 Å². The molecule has 0 radical (unpaired) electrons. The van der Waals surface area contributed by atoms with Crippen LogP contribution in [-0.2, 0) is 11.2 Å². The molecule has 1 saturated heterocycles. The topological polar surface area (TPSA) is 58.1 Å². The highest BCUT2D eigenvalue weighted by Crippen LogP contribution is 2.29. The first kappa shape index (κ1) is 16.0. The monoisotopic (exact) mass is 334 g/mol. The first-order chi connectivity index (χ1) is 12.2. The number of anilines is 1. The van der Waals surface area contributed by atoms with Gasteiger partial charge in [-0.25, -0.2) is 9.97 Å². The van der Waals surface area contributed by atoms with Crippen LogP contribution in [0.3, 0.4) is 0 Å². The number of aryl methyl sites for hydroxylation is 2. The molecule has 0 atom stereocenters. The number of rotatable bonds is 2. The predicted molar refractivity (Wildman–Crippen MR) is 99.5 cm³/mol. The third-order valence-electron chi connectivity index (χ3n) is 4.88. The van der Waals surface area contributed by atoms with Gasteiger partial charge in [-0.1, -0.05) is 6.07 Å². The molecular weight excluding hydrogens is 312 g/mol. The van der Waals surface area contributed by atoms with Gasteiger partial charge in [-0.15, -0.1) is 0 Å². The number of carbonyl (C=O) groups excluding carboxylic acids is 1. The third-order valence-corrected chi connectivity index (χ3v) is 4.88. The number of fused-ring (bicyclic) bond motifs is 1. The van der Waals surface area contributed by atoms with Crippen LogP contribution in [0.2, 0.25) is 0 Å². The minimum atomic E-state index is 0.151. The summed E-state index contributed by atoms with van der Waals surface area (Å²) in [6, 6.07) is 8.37. The second-order valence-electron chi connectivity index (χ2n) is 6.59. The van der Waals surface area contributed by atoms with E-state index in [-0.39, 0.29) is 5.78 Å². The molecular formula is C20H22N4O. The lowest BCUT2D eigenvalue weighted by molar-refractivity contribution is -0.113. The number of ketones is 1. The molecule has 4 rings (SSSR count). The van der Waals surface area contributed by atoms with E-state index in [1.807, 2.05) is 19.1 Å². The Kier molecular flexibility index (Phi) is 4.32. The summed E-state index contributed by atoms with van der Waals surface area (Å²) >= 11 is 0. The van der Waals surface area contributed by atoms with Crippen LogP contribution in [0.25, 0.3) is 11.6 Å². The SMILES string of the molecule is Cc1nccc(C2=Cc3ccc(N4CCNCC4)cc3CCC2=O)n1. The van der Waals surface area contributed by atoms with Crippen molar-refractivity contribution in [1.82, 2.24) is 15.3 Å². The second kappa shape index (κ2) is 6.76. The molecule has 0 spiro atoms. The van der Waals surface area contributed by atoms with E-state index in [2.05, 4.69) is 38.4 Å². The van der Waals surface area contributed by atoms with Crippen molar-refractivity contribution >= 4 is 23.1 Å². The lowest BCUT2D eigenvalue weighted by atomic mass is 10.0. The Bertz CT molecular complexity index is 837. The van der Waals surface area contributed by atoms with Gasteiger partial charge >= 0.3 is 0 Å². The van der Waals surface area contributed by atoms with Gasteiger partial charge in [-0.3, -0.25) is 4.79 Å². The van der Waals surface area contributed by atoms with Gasteiger partial charge in [0.2, 0.25) is 0 Å². The lowest BCUT2D eigenvalue weighted by Gasteiger charge is -2.30. The van der Waals surface area contributed by atoms with Crippen LogP contribution in [0.1, 0.15) is 29.1 Å². The van der Waals surface area contributed by atoms with Crippen molar-refractivity contribution in [2.45, 2.75) is 19.8 Å². The van der Waals surface area contributed by atoms with Crippen molar-refractivity contribution in [2.75, 3.05) is 31.1 Å². The molecule has 25 heavy (non-hydrogen) atoms. The lowest BCUT2D eigenvalue weighted by Crippen LogP contribution is -2.43. The molecule has 5 heteroatoms. The summed E-state index contributed by atoms with van der Waals surface area (Å²) in [6.45, 7) is 5.94. The van der Waals surface area contributed by atoms with Crippen molar-refractivity contribution in [3.8, 4) is 0 Å². The highest BCUT2D eigenvalue weighted by molar-refractivity contribution is 6.25. The summed E-state index contributed by atoms with van der Waals surface area (Å²) in [5, 5.41) is 3.38. The predicted octanol–water partition coefficient (Wildman–Crippen LogP) is 2.25. The summed E-state index contributed by atoms with van der Waals surface area (Å²) in [6.07, 6.45) is 5.00. The molecule has 1 fully saturated rings. The quantitative estimate of drug-likeness (QED) is 0.913. The van der Waals surface area contributed by atoms with Gasteiger partial charge < -0.3 is 10.2 Å². The third kappa shape index (κ3) is 3.33. The van der Waals surface area contributed by atoms with Crippen LogP contribution >= 0.6 is 0 Å². The first-order valence-electron chi connectivity index (χ1n) is 8.84. The van der Waals surface area contributed by atoms with Crippen LogP contribution < -0.4 is 10.2 Å². The average molecular weight is 334 g/mol. The van der Waals surface area contributed by atoms with Gasteiger partial charge in [0.15, 0.2) is 5.78 Å². The van der Waals surface area contributed by atoms with E-state index >= 15 is 0 Å². The standard InChI is InChI=1S/C20H22N4O/c1-14-22-7-6-19(23-14)18-13-16-2-4-17(24-10-8-21-9-11-24)12-15(16)3-5-20(18)25/h2,4,6-7,12-13,21H,3,5,8-11H2,1H3. The minimum absolute atomic E-state index is 0.151. The maximum absolute atomic E-state index is 12.6. The summed E-state index contributed by atoms with van der Waals surface area (Å²) in [5.41, 5.74) is 5.03. The molecule has 2 heterocycles.